The summed E-state index contributed by atoms with van der Waals surface area (Å²) < 4.78 is 13.8. The topological polar surface area (TPSA) is 69.3 Å². The van der Waals surface area contributed by atoms with Gasteiger partial charge in [-0.3, -0.25) is 14.7 Å². The summed E-state index contributed by atoms with van der Waals surface area (Å²) in [5, 5.41) is 7.11. The van der Waals surface area contributed by atoms with Gasteiger partial charge >= 0.3 is 0 Å². The second kappa shape index (κ2) is 7.37. The molecule has 148 valence electrons. The highest BCUT2D eigenvalue weighted by Gasteiger charge is 2.49. The Morgan fingerprint density at radius 3 is 2.79 bits per heavy atom. The second-order valence-corrected chi connectivity index (χ2v) is 7.83. The standard InChI is InChI=1S/C21H25FN4O2/c1-3-5-17-9-19(24-23-17)21(28)25-10-15-11-26(13(2)27)20(18(15)12-25)14-6-4-7-16(22)8-14/h4,6-9,15,18,20H,3,5,10-12H2,1-2H3,(H,23,24)/t15-,18-,20+/m1/s1. The third-order valence-corrected chi connectivity index (χ3v) is 5.92. The molecule has 3 heterocycles. The summed E-state index contributed by atoms with van der Waals surface area (Å²) in [7, 11) is 0. The molecule has 0 saturated carbocycles. The number of hydrogen-bond donors (Lipinski definition) is 1. The first-order valence-corrected chi connectivity index (χ1v) is 9.84. The van der Waals surface area contributed by atoms with E-state index < -0.39 is 0 Å². The number of carbonyl (C=O) groups excluding carboxylic acids is 2. The first-order valence-electron chi connectivity index (χ1n) is 9.84. The first kappa shape index (κ1) is 18.7. The van der Waals surface area contributed by atoms with Gasteiger partial charge in [-0.2, -0.15) is 5.10 Å². The fourth-order valence-electron chi connectivity index (χ4n) is 4.68. The molecule has 3 atom stereocenters. The van der Waals surface area contributed by atoms with Gasteiger partial charge in [0.2, 0.25) is 5.91 Å². The molecule has 2 fully saturated rings. The quantitative estimate of drug-likeness (QED) is 0.881. The maximum Gasteiger partial charge on any atom is 0.274 e. The van der Waals surface area contributed by atoms with E-state index in [1.54, 1.807) is 13.0 Å². The van der Waals surface area contributed by atoms with Gasteiger partial charge in [0.25, 0.3) is 5.91 Å². The van der Waals surface area contributed by atoms with E-state index in [0.717, 1.165) is 24.1 Å². The van der Waals surface area contributed by atoms with Crippen molar-refractivity contribution in [2.45, 2.75) is 32.7 Å². The summed E-state index contributed by atoms with van der Waals surface area (Å²) in [5.41, 5.74) is 2.20. The monoisotopic (exact) mass is 384 g/mol. The molecule has 2 aromatic rings. The third-order valence-electron chi connectivity index (χ3n) is 5.92. The molecule has 2 amide bonds. The molecule has 0 radical (unpaired) electrons. The van der Waals surface area contributed by atoms with Crippen molar-refractivity contribution in [1.82, 2.24) is 20.0 Å². The van der Waals surface area contributed by atoms with Crippen LogP contribution in [0.25, 0.3) is 0 Å². The van der Waals surface area contributed by atoms with Crippen molar-refractivity contribution in [2.24, 2.45) is 11.8 Å². The fraction of sp³-hybridized carbons (Fsp3) is 0.476. The highest BCUT2D eigenvalue weighted by molar-refractivity contribution is 5.92. The van der Waals surface area contributed by atoms with E-state index in [0.29, 0.717) is 25.3 Å². The van der Waals surface area contributed by atoms with Gasteiger partial charge < -0.3 is 9.80 Å². The van der Waals surface area contributed by atoms with Gasteiger partial charge in [0.05, 0.1) is 6.04 Å². The molecule has 0 spiro atoms. The van der Waals surface area contributed by atoms with Gasteiger partial charge in [-0.25, -0.2) is 4.39 Å². The van der Waals surface area contributed by atoms with E-state index in [4.69, 9.17) is 0 Å². The number of aromatic nitrogens is 2. The fourth-order valence-corrected chi connectivity index (χ4v) is 4.68. The number of nitrogens with one attached hydrogen (secondary N) is 1. The molecule has 1 aromatic carbocycles. The van der Waals surface area contributed by atoms with Crippen LogP contribution in [0, 0.1) is 17.7 Å². The van der Waals surface area contributed by atoms with Gasteiger partial charge in [0, 0.05) is 44.1 Å². The Kier molecular flexibility index (Phi) is 4.91. The predicted octanol–water partition coefficient (Wildman–Crippen LogP) is 2.79. The predicted molar refractivity (Wildman–Crippen MR) is 102 cm³/mol. The molecule has 6 nitrogen and oxygen atoms in total. The number of fused-ring (bicyclic) bond motifs is 1. The second-order valence-electron chi connectivity index (χ2n) is 7.83. The van der Waals surface area contributed by atoms with Crippen molar-refractivity contribution in [1.29, 1.82) is 0 Å². The van der Waals surface area contributed by atoms with Gasteiger partial charge in [-0.05, 0) is 30.2 Å². The molecule has 1 N–H and O–H groups in total. The molecule has 1 aromatic heterocycles. The van der Waals surface area contributed by atoms with Crippen LogP contribution in [-0.2, 0) is 11.2 Å². The number of nitrogens with zero attached hydrogens (tertiary/aromatic N) is 3. The highest BCUT2D eigenvalue weighted by atomic mass is 19.1. The molecule has 2 saturated heterocycles. The van der Waals surface area contributed by atoms with Crippen LogP contribution >= 0.6 is 0 Å². The largest absolute Gasteiger partial charge is 0.337 e. The number of amides is 2. The van der Waals surface area contributed by atoms with Crippen LogP contribution in [0.15, 0.2) is 30.3 Å². The molecular formula is C21H25FN4O2. The van der Waals surface area contributed by atoms with Crippen LogP contribution in [0.4, 0.5) is 4.39 Å². The van der Waals surface area contributed by atoms with Crippen LogP contribution in [-0.4, -0.2) is 51.4 Å². The summed E-state index contributed by atoms with van der Waals surface area (Å²) >= 11 is 0. The van der Waals surface area contributed by atoms with Crippen molar-refractivity contribution in [3.8, 4) is 0 Å². The Bertz CT molecular complexity index is 896. The van der Waals surface area contributed by atoms with Crippen LogP contribution in [0.1, 0.15) is 48.1 Å². The van der Waals surface area contributed by atoms with Gasteiger partial charge in [-0.15, -0.1) is 0 Å². The van der Waals surface area contributed by atoms with E-state index in [9.17, 15) is 14.0 Å². The lowest BCUT2D eigenvalue weighted by Crippen LogP contribution is -2.36. The number of likely N-dealkylation sites (tertiary alicyclic amines) is 2. The van der Waals surface area contributed by atoms with E-state index in [2.05, 4.69) is 17.1 Å². The summed E-state index contributed by atoms with van der Waals surface area (Å²) in [5.74, 6) is -0.118. The van der Waals surface area contributed by atoms with Crippen LogP contribution in [0.3, 0.4) is 0 Å². The van der Waals surface area contributed by atoms with Crippen LogP contribution < -0.4 is 0 Å². The Hall–Kier alpha value is -2.70. The summed E-state index contributed by atoms with van der Waals surface area (Å²) in [6, 6.07) is 8.06. The number of carbonyl (C=O) groups is 2. The molecule has 0 bridgehead atoms. The van der Waals surface area contributed by atoms with E-state index in [1.807, 2.05) is 21.9 Å². The van der Waals surface area contributed by atoms with Gasteiger partial charge in [0.15, 0.2) is 0 Å². The summed E-state index contributed by atoms with van der Waals surface area (Å²) in [6.45, 7) is 5.36. The van der Waals surface area contributed by atoms with Crippen molar-refractivity contribution >= 4 is 11.8 Å². The third kappa shape index (κ3) is 3.30. The zero-order valence-corrected chi connectivity index (χ0v) is 16.2. The average molecular weight is 384 g/mol. The van der Waals surface area contributed by atoms with E-state index in [-0.39, 0.29) is 35.5 Å². The lowest BCUT2D eigenvalue weighted by molar-refractivity contribution is -0.130. The number of aryl methyl sites for hydroxylation is 1. The molecule has 2 aliphatic heterocycles. The lowest BCUT2D eigenvalue weighted by atomic mass is 9.89. The Labute approximate surface area is 163 Å². The maximum atomic E-state index is 13.8. The Morgan fingerprint density at radius 1 is 1.25 bits per heavy atom. The molecule has 0 unspecified atom stereocenters. The smallest absolute Gasteiger partial charge is 0.274 e. The number of hydrogen-bond acceptors (Lipinski definition) is 3. The average Bonchev–Trinajstić information content (AvgIpc) is 3.35. The molecule has 2 aliphatic rings. The van der Waals surface area contributed by atoms with Gasteiger partial charge in [-0.1, -0.05) is 25.5 Å². The number of benzene rings is 1. The maximum absolute atomic E-state index is 13.8. The zero-order chi connectivity index (χ0) is 19.8. The normalized spacial score (nSPS) is 23.9. The number of H-pyrrole nitrogens is 1. The zero-order valence-electron chi connectivity index (χ0n) is 16.2. The SMILES string of the molecule is CCCc1cc(C(=O)N2C[C@@H]3CN(C(C)=O)[C@@H](c4cccc(F)c4)[C@@H]3C2)n[nH]1. The summed E-state index contributed by atoms with van der Waals surface area (Å²) in [4.78, 5) is 28.7. The van der Waals surface area contributed by atoms with Crippen LogP contribution in [0.2, 0.25) is 0 Å². The van der Waals surface area contributed by atoms with Crippen molar-refractivity contribution in [3.63, 3.8) is 0 Å². The minimum Gasteiger partial charge on any atom is -0.337 e. The Balaban J connectivity index is 1.55. The van der Waals surface area contributed by atoms with Crippen LogP contribution in [0.5, 0.6) is 0 Å². The molecule has 0 aliphatic carbocycles. The molecule has 7 heteroatoms. The van der Waals surface area contributed by atoms with Crippen molar-refractivity contribution in [2.75, 3.05) is 19.6 Å². The molecule has 4 rings (SSSR count). The summed E-state index contributed by atoms with van der Waals surface area (Å²) in [6.07, 6.45) is 1.85. The highest BCUT2D eigenvalue weighted by Crippen LogP contribution is 2.45. The lowest BCUT2D eigenvalue weighted by Gasteiger charge is -2.29. The first-order chi connectivity index (χ1) is 13.5. The molecular weight excluding hydrogens is 359 g/mol. The van der Waals surface area contributed by atoms with E-state index in [1.165, 1.54) is 12.1 Å². The Morgan fingerprint density at radius 2 is 2.07 bits per heavy atom. The van der Waals surface area contributed by atoms with Crippen molar-refractivity contribution in [3.05, 3.63) is 53.1 Å². The number of rotatable bonds is 4. The molecule has 28 heavy (non-hydrogen) atoms. The number of halogens is 1. The number of aromatic amines is 1. The minimum absolute atomic E-state index is 0.0157. The minimum atomic E-state index is -0.310. The van der Waals surface area contributed by atoms with Gasteiger partial charge in [0.1, 0.15) is 11.5 Å². The van der Waals surface area contributed by atoms with Crippen molar-refractivity contribution < 1.29 is 14.0 Å². The van der Waals surface area contributed by atoms with E-state index >= 15 is 0 Å².